The summed E-state index contributed by atoms with van der Waals surface area (Å²) in [4.78, 5) is 0. The number of aliphatic hydroxyl groups excluding tert-OH is 1. The Bertz CT molecular complexity index is 404. The summed E-state index contributed by atoms with van der Waals surface area (Å²) in [6.45, 7) is 0.968. The summed E-state index contributed by atoms with van der Waals surface area (Å²) in [7, 11) is 1.56. The van der Waals surface area contributed by atoms with Crippen molar-refractivity contribution in [1.29, 1.82) is 5.26 Å². The van der Waals surface area contributed by atoms with Gasteiger partial charge in [-0.15, -0.1) is 0 Å². The third-order valence-corrected chi connectivity index (χ3v) is 2.65. The smallest absolute Gasteiger partial charge is 0.0992 e. The highest BCUT2D eigenvalue weighted by Gasteiger charge is 2.03. The molecule has 4 nitrogen and oxygen atoms in total. The maximum Gasteiger partial charge on any atom is 0.0992 e. The quantitative estimate of drug-likeness (QED) is 0.844. The van der Waals surface area contributed by atoms with E-state index in [1.807, 2.05) is 6.07 Å². The highest BCUT2D eigenvalue weighted by molar-refractivity contribution is 9.10. The second-order valence-corrected chi connectivity index (χ2v) is 4.58. The number of ether oxygens (including phenoxy) is 1. The van der Waals surface area contributed by atoms with Crippen LogP contribution in [0.2, 0.25) is 0 Å². The van der Waals surface area contributed by atoms with Crippen LogP contribution in [0.5, 0.6) is 0 Å². The van der Waals surface area contributed by atoms with Crippen LogP contribution in [0, 0.1) is 11.3 Å². The first kappa shape index (κ1) is 14.0. The molecule has 1 rings (SSSR count). The van der Waals surface area contributed by atoms with Crippen LogP contribution >= 0.6 is 15.9 Å². The highest BCUT2D eigenvalue weighted by atomic mass is 79.9. The SMILES string of the molecule is COCC(O)CCNc1cc(Br)cc(C#N)c1. The molecule has 0 aliphatic heterocycles. The van der Waals surface area contributed by atoms with Crippen LogP contribution in [0.25, 0.3) is 0 Å². The Morgan fingerprint density at radius 1 is 1.53 bits per heavy atom. The summed E-state index contributed by atoms with van der Waals surface area (Å²) in [6.07, 6.45) is 0.137. The average molecular weight is 299 g/mol. The second kappa shape index (κ2) is 7.28. The summed E-state index contributed by atoms with van der Waals surface area (Å²) in [5.41, 5.74) is 1.46. The van der Waals surface area contributed by atoms with Crippen molar-refractivity contribution in [2.45, 2.75) is 12.5 Å². The van der Waals surface area contributed by atoms with Gasteiger partial charge in [-0.1, -0.05) is 15.9 Å². The highest BCUT2D eigenvalue weighted by Crippen LogP contribution is 2.19. The molecule has 1 aromatic rings. The zero-order chi connectivity index (χ0) is 12.7. The van der Waals surface area contributed by atoms with Gasteiger partial charge in [0.2, 0.25) is 0 Å². The van der Waals surface area contributed by atoms with E-state index in [4.69, 9.17) is 10.00 Å². The minimum Gasteiger partial charge on any atom is -0.391 e. The molecule has 1 unspecified atom stereocenters. The van der Waals surface area contributed by atoms with Crippen LogP contribution in [-0.4, -0.2) is 31.5 Å². The minimum absolute atomic E-state index is 0.337. The van der Waals surface area contributed by atoms with Crippen molar-refractivity contribution >= 4 is 21.6 Å². The predicted octanol–water partition coefficient (Wildman–Crippen LogP) is 2.13. The number of rotatable bonds is 6. The molecule has 0 saturated heterocycles. The van der Waals surface area contributed by atoms with E-state index in [1.54, 1.807) is 19.2 Å². The lowest BCUT2D eigenvalue weighted by Gasteiger charge is -2.11. The first-order valence-electron chi connectivity index (χ1n) is 5.27. The van der Waals surface area contributed by atoms with Crippen LogP contribution in [-0.2, 0) is 4.74 Å². The topological polar surface area (TPSA) is 65.3 Å². The first-order chi connectivity index (χ1) is 8.15. The minimum atomic E-state index is -0.463. The fraction of sp³-hybridized carbons (Fsp3) is 0.417. The molecular weight excluding hydrogens is 284 g/mol. The molecule has 2 N–H and O–H groups in total. The molecule has 0 radical (unpaired) electrons. The number of halogens is 1. The van der Waals surface area contributed by atoms with E-state index in [9.17, 15) is 5.11 Å². The van der Waals surface area contributed by atoms with Gasteiger partial charge in [-0.2, -0.15) is 5.26 Å². The number of hydrogen-bond donors (Lipinski definition) is 2. The van der Waals surface area contributed by atoms with Crippen molar-refractivity contribution in [1.82, 2.24) is 0 Å². The van der Waals surface area contributed by atoms with E-state index in [0.29, 0.717) is 25.1 Å². The molecule has 17 heavy (non-hydrogen) atoms. The Kier molecular flexibility index (Phi) is 5.98. The summed E-state index contributed by atoms with van der Waals surface area (Å²) >= 11 is 3.34. The summed E-state index contributed by atoms with van der Waals surface area (Å²) in [6, 6.07) is 7.51. The average Bonchev–Trinajstić information content (AvgIpc) is 2.28. The van der Waals surface area contributed by atoms with Gasteiger partial charge in [0.15, 0.2) is 0 Å². The van der Waals surface area contributed by atoms with Crippen LogP contribution in [0.3, 0.4) is 0 Å². The van der Waals surface area contributed by atoms with Gasteiger partial charge >= 0.3 is 0 Å². The fourth-order valence-electron chi connectivity index (χ4n) is 1.42. The molecular formula is C12H15BrN2O2. The third kappa shape index (κ3) is 5.18. The maximum atomic E-state index is 9.46. The summed E-state index contributed by atoms with van der Waals surface area (Å²) in [5, 5.41) is 21.4. The molecule has 0 fully saturated rings. The lowest BCUT2D eigenvalue weighted by atomic mass is 10.2. The molecule has 1 aromatic carbocycles. The van der Waals surface area contributed by atoms with Crippen molar-refractivity contribution in [3.05, 3.63) is 28.2 Å². The summed E-state index contributed by atoms with van der Waals surface area (Å²) < 4.78 is 5.69. The number of nitrogens with zero attached hydrogens (tertiary/aromatic N) is 1. The Labute approximate surface area is 109 Å². The Hall–Kier alpha value is -1.09. The van der Waals surface area contributed by atoms with E-state index >= 15 is 0 Å². The number of hydrogen-bond acceptors (Lipinski definition) is 4. The Balaban J connectivity index is 2.47. The lowest BCUT2D eigenvalue weighted by molar-refractivity contribution is 0.0615. The number of nitrogens with one attached hydrogen (secondary N) is 1. The van der Waals surface area contributed by atoms with E-state index < -0.39 is 6.10 Å². The predicted molar refractivity (Wildman–Crippen MR) is 69.8 cm³/mol. The number of methoxy groups -OCH3 is 1. The van der Waals surface area contributed by atoms with Crippen molar-refractivity contribution in [2.24, 2.45) is 0 Å². The van der Waals surface area contributed by atoms with Gasteiger partial charge in [0.25, 0.3) is 0 Å². The van der Waals surface area contributed by atoms with Gasteiger partial charge in [0.05, 0.1) is 24.3 Å². The van der Waals surface area contributed by atoms with E-state index in [0.717, 1.165) is 10.2 Å². The van der Waals surface area contributed by atoms with Gasteiger partial charge in [0, 0.05) is 23.8 Å². The van der Waals surface area contributed by atoms with Gasteiger partial charge in [0.1, 0.15) is 0 Å². The standard InChI is InChI=1S/C12H15BrN2O2/c1-17-8-12(16)2-3-15-11-5-9(7-14)4-10(13)6-11/h4-6,12,15-16H,2-3,8H2,1H3. The number of benzene rings is 1. The van der Waals surface area contributed by atoms with Gasteiger partial charge in [-0.25, -0.2) is 0 Å². The molecule has 0 saturated carbocycles. The third-order valence-electron chi connectivity index (χ3n) is 2.19. The Morgan fingerprint density at radius 2 is 2.29 bits per heavy atom. The van der Waals surface area contributed by atoms with Crippen molar-refractivity contribution in [3.8, 4) is 6.07 Å². The molecule has 92 valence electrons. The molecule has 1 atom stereocenters. The monoisotopic (exact) mass is 298 g/mol. The van der Waals surface area contributed by atoms with E-state index in [-0.39, 0.29) is 0 Å². The molecule has 5 heteroatoms. The van der Waals surface area contributed by atoms with Crippen LogP contribution in [0.15, 0.2) is 22.7 Å². The van der Waals surface area contributed by atoms with Crippen molar-refractivity contribution in [2.75, 3.05) is 25.6 Å². The van der Waals surface area contributed by atoms with E-state index in [1.165, 1.54) is 0 Å². The zero-order valence-electron chi connectivity index (χ0n) is 9.61. The summed E-state index contributed by atoms with van der Waals surface area (Å²) in [5.74, 6) is 0. The first-order valence-corrected chi connectivity index (χ1v) is 6.06. The molecule has 0 aliphatic rings. The zero-order valence-corrected chi connectivity index (χ0v) is 11.2. The lowest BCUT2D eigenvalue weighted by Crippen LogP contribution is -2.18. The maximum absolute atomic E-state index is 9.46. The fourth-order valence-corrected chi connectivity index (χ4v) is 1.91. The largest absolute Gasteiger partial charge is 0.391 e. The van der Waals surface area contributed by atoms with Gasteiger partial charge < -0.3 is 15.2 Å². The van der Waals surface area contributed by atoms with E-state index in [2.05, 4.69) is 27.3 Å². The number of anilines is 1. The Morgan fingerprint density at radius 3 is 2.94 bits per heavy atom. The van der Waals surface area contributed by atoms with Crippen molar-refractivity contribution < 1.29 is 9.84 Å². The molecule has 0 heterocycles. The molecule has 0 aliphatic carbocycles. The van der Waals surface area contributed by atoms with Gasteiger partial charge in [-0.3, -0.25) is 0 Å². The van der Waals surface area contributed by atoms with Crippen molar-refractivity contribution in [3.63, 3.8) is 0 Å². The molecule has 0 bridgehead atoms. The molecule has 0 amide bonds. The number of nitriles is 1. The van der Waals surface area contributed by atoms with Gasteiger partial charge in [-0.05, 0) is 24.6 Å². The molecule has 0 spiro atoms. The van der Waals surface area contributed by atoms with Crippen LogP contribution < -0.4 is 5.32 Å². The molecule has 0 aromatic heterocycles. The van der Waals surface area contributed by atoms with Crippen LogP contribution in [0.4, 0.5) is 5.69 Å². The second-order valence-electron chi connectivity index (χ2n) is 3.67. The normalized spacial score (nSPS) is 11.9. The number of aliphatic hydroxyl groups is 1. The van der Waals surface area contributed by atoms with Crippen LogP contribution in [0.1, 0.15) is 12.0 Å².